The van der Waals surface area contributed by atoms with Gasteiger partial charge in [-0.05, 0) is 13.3 Å². The van der Waals surface area contributed by atoms with Crippen LogP contribution in [0.1, 0.15) is 20.3 Å². The van der Waals surface area contributed by atoms with E-state index < -0.39 is 12.1 Å². The zero-order chi connectivity index (χ0) is 12.3. The van der Waals surface area contributed by atoms with Crippen molar-refractivity contribution in [3.05, 3.63) is 12.2 Å². The van der Waals surface area contributed by atoms with Crippen LogP contribution in [0.15, 0.2) is 12.2 Å². The summed E-state index contributed by atoms with van der Waals surface area (Å²) < 4.78 is 4.67. The molecule has 1 unspecified atom stereocenters. The van der Waals surface area contributed by atoms with Crippen LogP contribution < -0.4 is 0 Å². The molecule has 15 heavy (non-hydrogen) atoms. The summed E-state index contributed by atoms with van der Waals surface area (Å²) in [6.45, 7) is 6.60. The predicted octanol–water partition coefficient (Wildman–Crippen LogP) is -0.152. The molecule has 3 N–H and O–H groups in total. The molecule has 1 atom stereocenters. The van der Waals surface area contributed by atoms with Crippen LogP contribution in [0.4, 0.5) is 0 Å². The molecule has 0 fully saturated rings. The van der Waals surface area contributed by atoms with Crippen molar-refractivity contribution >= 4 is 5.97 Å². The first-order valence-corrected chi connectivity index (χ1v) is 4.71. The van der Waals surface area contributed by atoms with Crippen molar-refractivity contribution in [3.8, 4) is 0 Å². The van der Waals surface area contributed by atoms with Gasteiger partial charge in [0.25, 0.3) is 0 Å². The molecule has 0 aromatic carbocycles. The number of carbonyl (C=O) groups excluding carboxylic acids is 1. The summed E-state index contributed by atoms with van der Waals surface area (Å²) in [7, 11) is 0. The van der Waals surface area contributed by atoms with Crippen LogP contribution in [0, 0.1) is 0 Å². The van der Waals surface area contributed by atoms with E-state index in [9.17, 15) is 4.79 Å². The van der Waals surface area contributed by atoms with Gasteiger partial charge in [0.2, 0.25) is 0 Å². The highest BCUT2D eigenvalue weighted by atomic mass is 16.5. The molecule has 0 aromatic rings. The number of ether oxygens (including phenoxy) is 1. The summed E-state index contributed by atoms with van der Waals surface area (Å²) in [6.07, 6.45) is 0.0296. The third-order valence-electron chi connectivity index (χ3n) is 1.33. The van der Waals surface area contributed by atoms with E-state index in [-0.39, 0.29) is 19.8 Å². The Balaban J connectivity index is 0. The molecule has 0 aliphatic rings. The highest BCUT2D eigenvalue weighted by molar-refractivity contribution is 5.86. The van der Waals surface area contributed by atoms with Crippen LogP contribution in [-0.4, -0.2) is 47.2 Å². The molecule has 0 saturated heterocycles. The average molecular weight is 220 g/mol. The number of aliphatic hydroxyl groups excluding tert-OH is 3. The summed E-state index contributed by atoms with van der Waals surface area (Å²) in [5.74, 6) is -0.447. The number of hydrogen-bond donors (Lipinski definition) is 3. The Labute approximate surface area is 90.0 Å². The minimum Gasteiger partial charge on any atom is -0.460 e. The van der Waals surface area contributed by atoms with Crippen LogP contribution in [-0.2, 0) is 9.53 Å². The minimum atomic E-state index is -0.557. The van der Waals surface area contributed by atoms with Gasteiger partial charge in [-0.15, -0.1) is 0 Å². The summed E-state index contributed by atoms with van der Waals surface area (Å²) in [4.78, 5) is 10.7. The normalized spacial score (nSPS) is 11.0. The first-order chi connectivity index (χ1) is 6.99. The van der Waals surface area contributed by atoms with Gasteiger partial charge in [-0.2, -0.15) is 0 Å². The number of hydrogen-bond acceptors (Lipinski definition) is 5. The van der Waals surface area contributed by atoms with Crippen LogP contribution in [0.2, 0.25) is 0 Å². The monoisotopic (exact) mass is 220 g/mol. The molecule has 0 saturated carbocycles. The zero-order valence-corrected chi connectivity index (χ0v) is 9.27. The summed E-state index contributed by atoms with van der Waals surface area (Å²) in [5, 5.41) is 24.2. The Bertz CT molecular complexity index is 177. The van der Waals surface area contributed by atoms with E-state index in [2.05, 4.69) is 11.3 Å². The summed E-state index contributed by atoms with van der Waals surface area (Å²) >= 11 is 0. The fourth-order valence-corrected chi connectivity index (χ4v) is 0.413. The van der Waals surface area contributed by atoms with Crippen molar-refractivity contribution < 1.29 is 24.9 Å². The molecular weight excluding hydrogens is 200 g/mol. The van der Waals surface area contributed by atoms with Gasteiger partial charge in [0.05, 0.1) is 19.3 Å². The van der Waals surface area contributed by atoms with Gasteiger partial charge >= 0.3 is 5.97 Å². The highest BCUT2D eigenvalue weighted by Gasteiger charge is 2.06. The fourth-order valence-electron chi connectivity index (χ4n) is 0.413. The molecule has 0 aliphatic heterocycles. The van der Waals surface area contributed by atoms with Crippen LogP contribution in [0.3, 0.4) is 0 Å². The van der Waals surface area contributed by atoms with Crippen molar-refractivity contribution in [2.24, 2.45) is 0 Å². The van der Waals surface area contributed by atoms with Crippen molar-refractivity contribution in [1.82, 2.24) is 0 Å². The number of esters is 1. The first-order valence-electron chi connectivity index (χ1n) is 4.71. The molecule has 0 bridgehead atoms. The second-order valence-electron chi connectivity index (χ2n) is 2.89. The largest absolute Gasteiger partial charge is 0.460 e. The van der Waals surface area contributed by atoms with Crippen LogP contribution >= 0.6 is 0 Å². The molecule has 0 heterocycles. The van der Waals surface area contributed by atoms with Gasteiger partial charge < -0.3 is 20.1 Å². The Morgan fingerprint density at radius 3 is 2.13 bits per heavy atom. The van der Waals surface area contributed by atoms with Crippen molar-refractivity contribution in [2.75, 3.05) is 19.8 Å². The van der Waals surface area contributed by atoms with E-state index in [0.717, 1.165) is 0 Å². The second-order valence-corrected chi connectivity index (χ2v) is 2.89. The van der Waals surface area contributed by atoms with Gasteiger partial charge in [0, 0.05) is 5.57 Å². The quantitative estimate of drug-likeness (QED) is 0.443. The standard InChI is InChI=1S/C8H14O3.C2H6O2/c1-4-7(9)5-11-8(10)6(2)3;3-1-2-4/h7,9H,2,4-5H2,1,3H3;3-4H,1-2H2. The molecule has 5 nitrogen and oxygen atoms in total. The predicted molar refractivity (Wildman–Crippen MR) is 56.2 cm³/mol. The number of aliphatic hydroxyl groups is 3. The number of carbonyl (C=O) groups is 1. The molecule has 90 valence electrons. The Morgan fingerprint density at radius 1 is 1.40 bits per heavy atom. The molecule has 0 aromatic heterocycles. The Morgan fingerprint density at radius 2 is 1.87 bits per heavy atom. The van der Waals surface area contributed by atoms with E-state index in [0.29, 0.717) is 12.0 Å². The Kier molecular flexibility index (Phi) is 12.3. The van der Waals surface area contributed by atoms with E-state index >= 15 is 0 Å². The first kappa shape index (κ1) is 16.5. The molecule has 0 aliphatic carbocycles. The lowest BCUT2D eigenvalue weighted by Crippen LogP contribution is -2.17. The molecular formula is C10H20O5. The molecule has 0 spiro atoms. The van der Waals surface area contributed by atoms with Gasteiger partial charge in [0.1, 0.15) is 6.61 Å². The van der Waals surface area contributed by atoms with E-state index in [4.69, 9.17) is 15.3 Å². The lowest BCUT2D eigenvalue weighted by Gasteiger charge is -2.07. The molecule has 0 amide bonds. The SMILES string of the molecule is C=C(C)C(=O)OCC(O)CC.OCCO. The minimum absolute atomic E-state index is 0.0577. The molecule has 5 heteroatoms. The average Bonchev–Trinajstić information content (AvgIpc) is 2.25. The van der Waals surface area contributed by atoms with Crippen molar-refractivity contribution in [3.63, 3.8) is 0 Å². The van der Waals surface area contributed by atoms with Gasteiger partial charge in [-0.25, -0.2) is 4.79 Å². The lowest BCUT2D eigenvalue weighted by atomic mass is 10.3. The highest BCUT2D eigenvalue weighted by Crippen LogP contribution is 1.95. The van der Waals surface area contributed by atoms with E-state index in [1.54, 1.807) is 6.92 Å². The van der Waals surface area contributed by atoms with E-state index in [1.165, 1.54) is 0 Å². The molecule has 0 radical (unpaired) electrons. The van der Waals surface area contributed by atoms with Crippen molar-refractivity contribution in [1.29, 1.82) is 0 Å². The van der Waals surface area contributed by atoms with Crippen molar-refractivity contribution in [2.45, 2.75) is 26.4 Å². The van der Waals surface area contributed by atoms with Gasteiger partial charge in [-0.3, -0.25) is 0 Å². The fraction of sp³-hybridized carbons (Fsp3) is 0.700. The maximum atomic E-state index is 10.7. The second kappa shape index (κ2) is 11.2. The Hall–Kier alpha value is -0.910. The third-order valence-corrected chi connectivity index (χ3v) is 1.33. The molecule has 0 rings (SSSR count). The lowest BCUT2D eigenvalue weighted by molar-refractivity contribution is -0.141. The summed E-state index contributed by atoms with van der Waals surface area (Å²) in [5.41, 5.74) is 0.355. The maximum Gasteiger partial charge on any atom is 0.333 e. The van der Waals surface area contributed by atoms with Gasteiger partial charge in [-0.1, -0.05) is 13.5 Å². The van der Waals surface area contributed by atoms with Crippen LogP contribution in [0.25, 0.3) is 0 Å². The maximum absolute atomic E-state index is 10.7. The topological polar surface area (TPSA) is 87.0 Å². The zero-order valence-electron chi connectivity index (χ0n) is 9.27. The third kappa shape index (κ3) is 13.1. The number of rotatable bonds is 5. The van der Waals surface area contributed by atoms with Gasteiger partial charge in [0.15, 0.2) is 0 Å². The smallest absolute Gasteiger partial charge is 0.333 e. The van der Waals surface area contributed by atoms with Crippen LogP contribution in [0.5, 0.6) is 0 Å². The summed E-state index contributed by atoms with van der Waals surface area (Å²) in [6, 6.07) is 0. The van der Waals surface area contributed by atoms with E-state index in [1.807, 2.05) is 6.92 Å².